The van der Waals surface area contributed by atoms with E-state index in [1.165, 1.54) is 0 Å². The molecule has 0 saturated carbocycles. The summed E-state index contributed by atoms with van der Waals surface area (Å²) in [6, 6.07) is -0.0677. The molecule has 0 radical (unpaired) electrons. The van der Waals surface area contributed by atoms with Crippen molar-refractivity contribution in [1.82, 2.24) is 25.1 Å². The molecule has 0 unspecified atom stereocenters. The fraction of sp³-hybridized carbons (Fsp3) is 0.762. The van der Waals surface area contributed by atoms with Crippen LogP contribution in [0.1, 0.15) is 57.7 Å². The number of carbonyl (C=O) groups is 2. The van der Waals surface area contributed by atoms with E-state index < -0.39 is 0 Å². The largest absolute Gasteiger partial charge is 0.354 e. The second-order valence-electron chi connectivity index (χ2n) is 8.90. The maximum atomic E-state index is 13.1. The Hall–Kier alpha value is -1.31. The summed E-state index contributed by atoms with van der Waals surface area (Å²) in [6.45, 7) is 7.56. The fourth-order valence-corrected chi connectivity index (χ4v) is 5.43. The number of rotatable bonds is 6. The third kappa shape index (κ3) is 4.94. The van der Waals surface area contributed by atoms with E-state index in [4.69, 9.17) is 0 Å². The van der Waals surface area contributed by atoms with Crippen LogP contribution in [0, 0.1) is 11.8 Å². The minimum atomic E-state index is -0.304. The average molecular weight is 460 g/mol. The van der Waals surface area contributed by atoms with Crippen LogP contribution in [-0.4, -0.2) is 58.0 Å². The molecular formula is C21H35Cl2N5O2. The monoisotopic (exact) mass is 459 g/mol. The highest BCUT2D eigenvalue weighted by Crippen LogP contribution is 2.39. The molecule has 170 valence electrons. The molecule has 2 N–H and O–H groups in total. The molecule has 1 aromatic heterocycles. The van der Waals surface area contributed by atoms with E-state index in [0.29, 0.717) is 24.8 Å². The van der Waals surface area contributed by atoms with Gasteiger partial charge < -0.3 is 20.1 Å². The SMILES string of the molecule is CC(C)c1nccn1CCCNC(=O)[C@H]1[C@@H]2CNC[C@@H](C2)[C@@H]2CCCC(=O)N21.Cl.Cl. The maximum Gasteiger partial charge on any atom is 0.243 e. The Morgan fingerprint density at radius 1 is 1.30 bits per heavy atom. The van der Waals surface area contributed by atoms with E-state index in [2.05, 4.69) is 34.0 Å². The number of piperidine rings is 3. The van der Waals surface area contributed by atoms with Gasteiger partial charge in [-0.3, -0.25) is 9.59 Å². The minimum absolute atomic E-state index is 0. The molecular weight excluding hydrogens is 425 g/mol. The molecule has 1 aromatic rings. The number of aryl methyl sites for hydroxylation is 1. The second-order valence-corrected chi connectivity index (χ2v) is 8.90. The predicted octanol–water partition coefficient (Wildman–Crippen LogP) is 2.35. The van der Waals surface area contributed by atoms with Gasteiger partial charge in [0.05, 0.1) is 0 Å². The van der Waals surface area contributed by atoms with Crippen LogP contribution < -0.4 is 10.6 Å². The molecule has 4 rings (SSSR count). The Bertz CT molecular complexity index is 726. The molecule has 3 saturated heterocycles. The molecule has 4 atom stereocenters. The van der Waals surface area contributed by atoms with Crippen molar-refractivity contribution < 1.29 is 9.59 Å². The molecule has 3 aliphatic rings. The van der Waals surface area contributed by atoms with Crippen molar-refractivity contribution in [2.45, 2.75) is 70.5 Å². The van der Waals surface area contributed by atoms with Crippen molar-refractivity contribution in [3.63, 3.8) is 0 Å². The summed E-state index contributed by atoms with van der Waals surface area (Å²) in [5, 5.41) is 6.62. The lowest BCUT2D eigenvalue weighted by Gasteiger charge is -2.53. The van der Waals surface area contributed by atoms with E-state index in [9.17, 15) is 9.59 Å². The quantitative estimate of drug-likeness (QED) is 0.639. The van der Waals surface area contributed by atoms with Gasteiger partial charge in [0, 0.05) is 56.3 Å². The second kappa shape index (κ2) is 10.8. The molecule has 9 heteroatoms. The number of halogens is 2. The fourth-order valence-electron chi connectivity index (χ4n) is 5.43. The molecule has 2 bridgehead atoms. The highest BCUT2D eigenvalue weighted by Gasteiger charge is 2.50. The van der Waals surface area contributed by atoms with Crippen molar-refractivity contribution in [1.29, 1.82) is 0 Å². The minimum Gasteiger partial charge on any atom is -0.354 e. The number of fused-ring (bicyclic) bond motifs is 4. The number of nitrogens with zero attached hydrogens (tertiary/aromatic N) is 3. The first-order chi connectivity index (χ1) is 13.6. The van der Waals surface area contributed by atoms with E-state index in [-0.39, 0.29) is 54.6 Å². The Morgan fingerprint density at radius 3 is 2.83 bits per heavy atom. The van der Waals surface area contributed by atoms with Crippen LogP contribution in [0.3, 0.4) is 0 Å². The van der Waals surface area contributed by atoms with Crippen LogP contribution in [0.4, 0.5) is 0 Å². The molecule has 2 amide bonds. The van der Waals surface area contributed by atoms with Crippen LogP contribution in [0.5, 0.6) is 0 Å². The summed E-state index contributed by atoms with van der Waals surface area (Å²) in [4.78, 5) is 32.1. The molecule has 0 spiro atoms. The van der Waals surface area contributed by atoms with E-state index in [0.717, 1.165) is 51.1 Å². The van der Waals surface area contributed by atoms with Crippen molar-refractivity contribution in [3.05, 3.63) is 18.2 Å². The number of nitrogens with one attached hydrogen (secondary N) is 2. The standard InChI is InChI=1S/C21H33N5O2.2ClH/c1-14(2)20-23-8-10-25(20)9-4-7-24-21(28)19-16-11-15(12-22-13-16)17-5-3-6-18(27)26(17)19;;/h8,10,14-17,19,22H,3-7,9,11-13H2,1-2H3,(H,24,28);2*1H/t15-,16+,17+,19-;;/m1../s1. The first kappa shape index (κ1) is 25.0. The zero-order valence-electron chi connectivity index (χ0n) is 17.9. The lowest BCUT2D eigenvalue weighted by molar-refractivity contribution is -0.157. The van der Waals surface area contributed by atoms with Gasteiger partial charge in [-0.2, -0.15) is 0 Å². The van der Waals surface area contributed by atoms with E-state index in [1.54, 1.807) is 0 Å². The van der Waals surface area contributed by atoms with Crippen LogP contribution in [0.2, 0.25) is 0 Å². The third-order valence-electron chi connectivity index (χ3n) is 6.65. The van der Waals surface area contributed by atoms with Gasteiger partial charge in [-0.25, -0.2) is 4.98 Å². The van der Waals surface area contributed by atoms with Crippen molar-refractivity contribution >= 4 is 36.6 Å². The maximum absolute atomic E-state index is 13.1. The topological polar surface area (TPSA) is 79.3 Å². The summed E-state index contributed by atoms with van der Waals surface area (Å²) in [5.74, 6) is 2.41. The van der Waals surface area contributed by atoms with Gasteiger partial charge >= 0.3 is 0 Å². The van der Waals surface area contributed by atoms with Crippen LogP contribution in [-0.2, 0) is 16.1 Å². The van der Waals surface area contributed by atoms with Gasteiger partial charge in [-0.15, -0.1) is 24.8 Å². The molecule has 30 heavy (non-hydrogen) atoms. The van der Waals surface area contributed by atoms with Crippen LogP contribution in [0.15, 0.2) is 12.4 Å². The number of aromatic nitrogens is 2. The summed E-state index contributed by atoms with van der Waals surface area (Å²) in [6.07, 6.45) is 8.34. The zero-order chi connectivity index (χ0) is 19.7. The summed E-state index contributed by atoms with van der Waals surface area (Å²) in [7, 11) is 0. The highest BCUT2D eigenvalue weighted by atomic mass is 35.5. The summed E-state index contributed by atoms with van der Waals surface area (Å²) >= 11 is 0. The normalized spacial score (nSPS) is 27.7. The lowest BCUT2D eigenvalue weighted by atomic mass is 9.72. The average Bonchev–Trinajstić information content (AvgIpc) is 3.15. The van der Waals surface area contributed by atoms with Crippen LogP contribution >= 0.6 is 24.8 Å². The van der Waals surface area contributed by atoms with Gasteiger partial charge in [-0.1, -0.05) is 13.8 Å². The highest BCUT2D eigenvalue weighted by molar-refractivity contribution is 5.89. The Balaban J connectivity index is 0.00000160. The molecule has 4 heterocycles. The molecule has 7 nitrogen and oxygen atoms in total. The Kier molecular flexibility index (Phi) is 9.00. The number of hydrogen-bond donors (Lipinski definition) is 2. The van der Waals surface area contributed by atoms with Crippen LogP contribution in [0.25, 0.3) is 0 Å². The van der Waals surface area contributed by atoms with E-state index in [1.807, 2.05) is 17.3 Å². The first-order valence-corrected chi connectivity index (χ1v) is 10.9. The number of imidazole rings is 1. The van der Waals surface area contributed by atoms with Gasteiger partial charge in [0.2, 0.25) is 11.8 Å². The predicted molar refractivity (Wildman–Crippen MR) is 121 cm³/mol. The van der Waals surface area contributed by atoms with Crippen molar-refractivity contribution in [2.75, 3.05) is 19.6 Å². The number of carbonyl (C=O) groups excluding carboxylic acids is 2. The first-order valence-electron chi connectivity index (χ1n) is 10.9. The summed E-state index contributed by atoms with van der Waals surface area (Å²) in [5.41, 5.74) is 0. The lowest BCUT2D eigenvalue weighted by Crippen LogP contribution is -2.68. The smallest absolute Gasteiger partial charge is 0.243 e. The number of hydrogen-bond acceptors (Lipinski definition) is 4. The van der Waals surface area contributed by atoms with E-state index >= 15 is 0 Å². The molecule has 0 aliphatic carbocycles. The molecule has 3 aliphatic heterocycles. The summed E-state index contributed by atoms with van der Waals surface area (Å²) < 4.78 is 2.16. The Labute approximate surface area is 191 Å². The number of amides is 2. The molecule has 0 aromatic carbocycles. The van der Waals surface area contributed by atoms with Gasteiger partial charge in [0.15, 0.2) is 0 Å². The third-order valence-corrected chi connectivity index (χ3v) is 6.65. The molecule has 3 fully saturated rings. The zero-order valence-corrected chi connectivity index (χ0v) is 19.5. The van der Waals surface area contributed by atoms with Crippen molar-refractivity contribution in [2.24, 2.45) is 11.8 Å². The van der Waals surface area contributed by atoms with Gasteiger partial charge in [0.25, 0.3) is 0 Å². The van der Waals surface area contributed by atoms with Gasteiger partial charge in [-0.05, 0) is 38.1 Å². The Morgan fingerprint density at radius 2 is 2.07 bits per heavy atom. The van der Waals surface area contributed by atoms with Crippen molar-refractivity contribution in [3.8, 4) is 0 Å². The van der Waals surface area contributed by atoms with Gasteiger partial charge in [0.1, 0.15) is 11.9 Å².